The Morgan fingerprint density at radius 3 is 2.47 bits per heavy atom. The molecule has 0 saturated heterocycles. The third kappa shape index (κ3) is 4.25. The molecule has 0 amide bonds. The molecule has 32 heavy (non-hydrogen) atoms. The summed E-state index contributed by atoms with van der Waals surface area (Å²) >= 11 is 19.2. The van der Waals surface area contributed by atoms with Crippen LogP contribution in [0, 0.1) is 6.92 Å². The number of fused-ring (bicyclic) bond motifs is 1. The third-order valence-electron chi connectivity index (χ3n) is 5.38. The fourth-order valence-electron chi connectivity index (χ4n) is 3.82. The van der Waals surface area contributed by atoms with Crippen molar-refractivity contribution in [2.24, 2.45) is 0 Å². The van der Waals surface area contributed by atoms with Crippen molar-refractivity contribution < 1.29 is 9.47 Å². The van der Waals surface area contributed by atoms with Gasteiger partial charge >= 0.3 is 0 Å². The second-order valence-corrected chi connectivity index (χ2v) is 8.39. The molecule has 0 radical (unpaired) electrons. The molecule has 0 aliphatic heterocycles. The van der Waals surface area contributed by atoms with Gasteiger partial charge in [0.05, 0.1) is 13.7 Å². The summed E-state index contributed by atoms with van der Waals surface area (Å²) in [4.78, 5) is 8.59. The van der Waals surface area contributed by atoms with Crippen molar-refractivity contribution in [3.05, 3.63) is 75.0 Å². The van der Waals surface area contributed by atoms with Gasteiger partial charge in [-0.1, -0.05) is 46.9 Å². The quantitative estimate of drug-likeness (QED) is 0.284. The molecule has 0 spiro atoms. The molecule has 2 aromatic heterocycles. The third-order valence-corrected chi connectivity index (χ3v) is 6.31. The monoisotopic (exact) mass is 489 g/mol. The average molecular weight is 491 g/mol. The molecule has 5 nitrogen and oxygen atoms in total. The molecule has 8 heteroatoms. The average Bonchev–Trinajstić information content (AvgIpc) is 3.12. The summed E-state index contributed by atoms with van der Waals surface area (Å²) < 4.78 is 13.3. The van der Waals surface area contributed by atoms with Crippen molar-refractivity contribution in [1.29, 1.82) is 0 Å². The van der Waals surface area contributed by atoms with Crippen LogP contribution in [0.2, 0.25) is 15.3 Å². The van der Waals surface area contributed by atoms with Crippen LogP contribution >= 0.6 is 34.8 Å². The summed E-state index contributed by atoms with van der Waals surface area (Å²) in [7, 11) is 1.65. The Morgan fingerprint density at radius 2 is 1.78 bits per heavy atom. The van der Waals surface area contributed by atoms with E-state index in [1.165, 1.54) is 0 Å². The molecule has 0 bridgehead atoms. The van der Waals surface area contributed by atoms with Crippen molar-refractivity contribution in [1.82, 2.24) is 14.4 Å². The number of halogens is 3. The first-order valence-electron chi connectivity index (χ1n) is 10.2. The maximum Gasteiger partial charge on any atom is 0.158 e. The van der Waals surface area contributed by atoms with Crippen molar-refractivity contribution in [3.8, 4) is 22.6 Å². The zero-order valence-corrected chi connectivity index (χ0v) is 20.2. The summed E-state index contributed by atoms with van der Waals surface area (Å²) in [6.07, 6.45) is 4.72. The van der Waals surface area contributed by atoms with Crippen LogP contribution in [0.25, 0.3) is 16.6 Å². The molecule has 0 N–H and O–H groups in total. The molecule has 0 unspecified atom stereocenters. The molecule has 0 saturated carbocycles. The van der Waals surface area contributed by atoms with Gasteiger partial charge < -0.3 is 9.47 Å². The number of nitrogens with zero attached hydrogens (tertiary/aromatic N) is 3. The number of hydrogen-bond acceptors (Lipinski definition) is 4. The van der Waals surface area contributed by atoms with Crippen LogP contribution in [-0.4, -0.2) is 28.1 Å². The summed E-state index contributed by atoms with van der Waals surface area (Å²) in [5.41, 5.74) is 4.58. The number of ether oxygens (including phenoxy) is 2. The van der Waals surface area contributed by atoms with E-state index in [1.807, 2.05) is 54.8 Å². The van der Waals surface area contributed by atoms with E-state index in [2.05, 4.69) is 9.97 Å². The minimum absolute atomic E-state index is 0.325. The predicted octanol–water partition coefficient (Wildman–Crippen LogP) is 6.86. The molecule has 0 aliphatic rings. The van der Waals surface area contributed by atoms with E-state index in [0.29, 0.717) is 40.3 Å². The van der Waals surface area contributed by atoms with Gasteiger partial charge in [0, 0.05) is 29.4 Å². The lowest BCUT2D eigenvalue weighted by Gasteiger charge is -2.19. The molecule has 0 aliphatic carbocycles. The Bertz CT molecular complexity index is 1270. The molecule has 0 fully saturated rings. The van der Waals surface area contributed by atoms with Crippen molar-refractivity contribution >= 4 is 40.3 Å². The minimum Gasteiger partial charge on any atom is -0.497 e. The van der Waals surface area contributed by atoms with E-state index in [9.17, 15) is 0 Å². The second kappa shape index (κ2) is 9.57. The number of imidazole rings is 1. The first kappa shape index (κ1) is 22.7. The standard InChI is InChI=1S/C24H22Cl3N3O2/c1-4-32-22-16(7-10-19-29-24(27)21-23(26)28-11-12-30(19)21)13-18(25)14(2)20(22)15-5-8-17(31-3)9-6-15/h5-6,8-9,11-13H,4,7,10H2,1-3H3. The Labute approximate surface area is 201 Å². The van der Waals surface area contributed by atoms with Crippen LogP contribution < -0.4 is 9.47 Å². The van der Waals surface area contributed by atoms with Crippen molar-refractivity contribution in [2.75, 3.05) is 13.7 Å². The summed E-state index contributed by atoms with van der Waals surface area (Å²) in [5.74, 6) is 2.41. The molecule has 4 rings (SSSR count). The van der Waals surface area contributed by atoms with Gasteiger partial charge in [-0.2, -0.15) is 0 Å². The van der Waals surface area contributed by atoms with E-state index in [4.69, 9.17) is 44.3 Å². The normalized spacial score (nSPS) is 11.2. The van der Waals surface area contributed by atoms with Crippen molar-refractivity contribution in [2.45, 2.75) is 26.7 Å². The fraction of sp³-hybridized carbons (Fsp3) is 0.250. The number of aryl methyl sites for hydroxylation is 2. The van der Waals surface area contributed by atoms with Crippen LogP contribution in [0.15, 0.2) is 42.7 Å². The molecule has 4 aromatic rings. The number of benzene rings is 2. The van der Waals surface area contributed by atoms with E-state index in [0.717, 1.165) is 39.6 Å². The highest BCUT2D eigenvalue weighted by molar-refractivity contribution is 6.38. The van der Waals surface area contributed by atoms with E-state index < -0.39 is 0 Å². The zero-order chi connectivity index (χ0) is 22.8. The van der Waals surface area contributed by atoms with Crippen LogP contribution in [-0.2, 0) is 12.8 Å². The van der Waals surface area contributed by atoms with Crippen LogP contribution in [0.1, 0.15) is 23.9 Å². The molecule has 2 aromatic carbocycles. The molecule has 2 heterocycles. The lowest BCUT2D eigenvalue weighted by Crippen LogP contribution is -2.04. The lowest BCUT2D eigenvalue weighted by molar-refractivity contribution is 0.337. The number of methoxy groups -OCH3 is 1. The largest absolute Gasteiger partial charge is 0.497 e. The maximum absolute atomic E-state index is 6.65. The molecular formula is C24H22Cl3N3O2. The summed E-state index contributed by atoms with van der Waals surface area (Å²) in [6, 6.07) is 9.87. The van der Waals surface area contributed by atoms with E-state index in [-0.39, 0.29) is 0 Å². The molecular weight excluding hydrogens is 469 g/mol. The molecule has 166 valence electrons. The van der Waals surface area contributed by atoms with Gasteiger partial charge in [-0.15, -0.1) is 0 Å². The number of aromatic nitrogens is 3. The van der Waals surface area contributed by atoms with E-state index >= 15 is 0 Å². The Hall–Kier alpha value is -2.47. The highest BCUT2D eigenvalue weighted by Crippen LogP contribution is 2.41. The zero-order valence-electron chi connectivity index (χ0n) is 18.0. The smallest absolute Gasteiger partial charge is 0.158 e. The van der Waals surface area contributed by atoms with Crippen LogP contribution in [0.5, 0.6) is 11.5 Å². The van der Waals surface area contributed by atoms with Gasteiger partial charge in [-0.3, -0.25) is 4.40 Å². The van der Waals surface area contributed by atoms with Crippen LogP contribution in [0.4, 0.5) is 0 Å². The van der Waals surface area contributed by atoms with Gasteiger partial charge in [0.15, 0.2) is 10.3 Å². The maximum atomic E-state index is 6.65. The first-order chi connectivity index (χ1) is 15.4. The highest BCUT2D eigenvalue weighted by Gasteiger charge is 2.19. The Balaban J connectivity index is 1.76. The topological polar surface area (TPSA) is 48.7 Å². The minimum atomic E-state index is 0.325. The Morgan fingerprint density at radius 1 is 1.03 bits per heavy atom. The number of rotatable bonds is 7. The van der Waals surface area contributed by atoms with Gasteiger partial charge in [0.1, 0.15) is 22.8 Å². The second-order valence-electron chi connectivity index (χ2n) is 7.26. The SMILES string of the molecule is CCOc1c(CCc2nc(Cl)c3c(Cl)nccn23)cc(Cl)c(C)c1-c1ccc(OC)cc1. The first-order valence-corrected chi connectivity index (χ1v) is 11.3. The van der Waals surface area contributed by atoms with Gasteiger partial charge in [0.2, 0.25) is 0 Å². The summed E-state index contributed by atoms with van der Waals surface area (Å²) in [6.45, 7) is 4.52. The van der Waals surface area contributed by atoms with Gasteiger partial charge in [-0.05, 0) is 55.2 Å². The predicted molar refractivity (Wildman–Crippen MR) is 130 cm³/mol. The van der Waals surface area contributed by atoms with E-state index in [1.54, 1.807) is 13.3 Å². The van der Waals surface area contributed by atoms with Gasteiger partial charge in [-0.25, -0.2) is 9.97 Å². The number of hydrogen-bond donors (Lipinski definition) is 0. The van der Waals surface area contributed by atoms with Crippen molar-refractivity contribution in [3.63, 3.8) is 0 Å². The lowest BCUT2D eigenvalue weighted by atomic mass is 9.94. The van der Waals surface area contributed by atoms with Crippen LogP contribution in [0.3, 0.4) is 0 Å². The van der Waals surface area contributed by atoms with Gasteiger partial charge in [0.25, 0.3) is 0 Å². The summed E-state index contributed by atoms with van der Waals surface area (Å²) in [5, 5.41) is 1.35. The Kier molecular flexibility index (Phi) is 6.79. The highest BCUT2D eigenvalue weighted by atomic mass is 35.5. The fourth-order valence-corrected chi connectivity index (χ4v) is 4.61. The molecule has 0 atom stereocenters.